The molecule has 1 aromatic carbocycles. The number of carbonyl (C=O) groups excluding carboxylic acids is 1. The van der Waals surface area contributed by atoms with Gasteiger partial charge in [-0.15, -0.1) is 0 Å². The average Bonchev–Trinajstić information content (AvgIpc) is 2.45. The Morgan fingerprint density at radius 3 is 2.43 bits per heavy atom. The molecular weight excluding hydrogens is 292 g/mol. The van der Waals surface area contributed by atoms with Crippen LogP contribution >= 0.6 is 0 Å². The molecule has 1 fully saturated rings. The third kappa shape index (κ3) is 5.20. The molecule has 0 bridgehead atoms. The van der Waals surface area contributed by atoms with Gasteiger partial charge < -0.3 is 9.64 Å². The van der Waals surface area contributed by atoms with Crippen molar-refractivity contribution in [2.24, 2.45) is 0 Å². The van der Waals surface area contributed by atoms with Gasteiger partial charge in [0.25, 0.3) is 0 Å². The highest BCUT2D eigenvalue weighted by atomic mass is 32.2. The number of anilines is 1. The van der Waals surface area contributed by atoms with Crippen LogP contribution in [-0.4, -0.2) is 51.8 Å². The van der Waals surface area contributed by atoms with Gasteiger partial charge >= 0.3 is 0 Å². The molecule has 0 spiro atoms. The van der Waals surface area contributed by atoms with Gasteiger partial charge in [0.2, 0.25) is 15.9 Å². The van der Waals surface area contributed by atoms with E-state index < -0.39 is 10.0 Å². The first-order chi connectivity index (χ1) is 9.94. The second kappa shape index (κ2) is 6.73. The highest BCUT2D eigenvalue weighted by molar-refractivity contribution is 7.92. The highest BCUT2D eigenvalue weighted by Crippen LogP contribution is 2.12. The smallest absolute Gasteiger partial charge is 0.246 e. The number of sulfonamides is 1. The molecule has 1 aliphatic heterocycles. The van der Waals surface area contributed by atoms with E-state index >= 15 is 0 Å². The van der Waals surface area contributed by atoms with Crippen molar-refractivity contribution in [1.82, 2.24) is 4.90 Å². The zero-order valence-corrected chi connectivity index (χ0v) is 12.6. The summed E-state index contributed by atoms with van der Waals surface area (Å²) in [7, 11) is -3.27. The molecule has 0 aliphatic carbocycles. The van der Waals surface area contributed by atoms with Crippen molar-refractivity contribution in [2.45, 2.75) is 0 Å². The zero-order valence-electron chi connectivity index (χ0n) is 11.8. The minimum absolute atomic E-state index is 0.0448. The lowest BCUT2D eigenvalue weighted by Gasteiger charge is -2.25. The summed E-state index contributed by atoms with van der Waals surface area (Å²) < 4.78 is 29.8. The molecule has 0 saturated carbocycles. The summed E-state index contributed by atoms with van der Waals surface area (Å²) in [5.41, 5.74) is 1.32. The van der Waals surface area contributed by atoms with E-state index in [0.29, 0.717) is 32.0 Å². The summed E-state index contributed by atoms with van der Waals surface area (Å²) in [5.74, 6) is -0.0448. The largest absolute Gasteiger partial charge is 0.378 e. The SMILES string of the molecule is CS(=O)(=O)Nc1ccc(/C=C/C(=O)N2CCOCC2)cc1. The van der Waals surface area contributed by atoms with Crippen LogP contribution in [0.25, 0.3) is 6.08 Å². The summed E-state index contributed by atoms with van der Waals surface area (Å²) in [6.07, 6.45) is 4.33. The molecular formula is C14H18N2O4S. The third-order valence-corrected chi connectivity index (χ3v) is 3.56. The molecule has 1 N–H and O–H groups in total. The summed E-state index contributed by atoms with van der Waals surface area (Å²) in [5, 5.41) is 0. The molecule has 1 saturated heterocycles. The first-order valence-electron chi connectivity index (χ1n) is 6.57. The Bertz CT molecular complexity index is 617. The number of ether oxygens (including phenoxy) is 1. The van der Waals surface area contributed by atoms with Gasteiger partial charge in [-0.1, -0.05) is 12.1 Å². The van der Waals surface area contributed by atoms with Crippen LogP contribution in [0.2, 0.25) is 0 Å². The molecule has 0 radical (unpaired) electrons. The molecule has 1 heterocycles. The number of morpholine rings is 1. The average molecular weight is 310 g/mol. The second-order valence-electron chi connectivity index (χ2n) is 4.77. The van der Waals surface area contributed by atoms with E-state index in [4.69, 9.17) is 4.74 Å². The van der Waals surface area contributed by atoms with E-state index in [0.717, 1.165) is 11.8 Å². The van der Waals surface area contributed by atoms with Gasteiger partial charge in [-0.2, -0.15) is 0 Å². The lowest BCUT2D eigenvalue weighted by molar-refractivity contribution is -0.129. The summed E-state index contributed by atoms with van der Waals surface area (Å²) in [4.78, 5) is 13.7. The molecule has 7 heteroatoms. The first-order valence-corrected chi connectivity index (χ1v) is 8.46. The van der Waals surface area contributed by atoms with Crippen molar-refractivity contribution < 1.29 is 17.9 Å². The number of hydrogen-bond acceptors (Lipinski definition) is 4. The maximum Gasteiger partial charge on any atom is 0.246 e. The Labute approximate surface area is 124 Å². The summed E-state index contributed by atoms with van der Waals surface area (Å²) >= 11 is 0. The van der Waals surface area contributed by atoms with E-state index in [1.54, 1.807) is 35.2 Å². The van der Waals surface area contributed by atoms with Crippen LogP contribution in [0.5, 0.6) is 0 Å². The molecule has 1 amide bonds. The Morgan fingerprint density at radius 2 is 1.86 bits per heavy atom. The Kier molecular flexibility index (Phi) is 4.98. The molecule has 0 aromatic heterocycles. The number of carbonyl (C=O) groups is 1. The predicted octanol–water partition coefficient (Wildman–Crippen LogP) is 0.930. The van der Waals surface area contributed by atoms with Crippen molar-refractivity contribution in [3.63, 3.8) is 0 Å². The van der Waals surface area contributed by atoms with E-state index in [1.165, 1.54) is 6.08 Å². The van der Waals surface area contributed by atoms with Gasteiger partial charge in [0.1, 0.15) is 0 Å². The van der Waals surface area contributed by atoms with Crippen molar-refractivity contribution in [1.29, 1.82) is 0 Å². The molecule has 0 unspecified atom stereocenters. The van der Waals surface area contributed by atoms with Gasteiger partial charge in [0.05, 0.1) is 19.5 Å². The quantitative estimate of drug-likeness (QED) is 0.840. The number of nitrogens with zero attached hydrogens (tertiary/aromatic N) is 1. The lowest BCUT2D eigenvalue weighted by Crippen LogP contribution is -2.39. The lowest BCUT2D eigenvalue weighted by atomic mass is 10.2. The van der Waals surface area contributed by atoms with Crippen LogP contribution in [-0.2, 0) is 19.6 Å². The minimum Gasteiger partial charge on any atom is -0.378 e. The van der Waals surface area contributed by atoms with Crippen LogP contribution in [0.4, 0.5) is 5.69 Å². The monoisotopic (exact) mass is 310 g/mol. The molecule has 6 nitrogen and oxygen atoms in total. The number of benzene rings is 1. The van der Waals surface area contributed by atoms with E-state index in [-0.39, 0.29) is 5.91 Å². The van der Waals surface area contributed by atoms with E-state index in [9.17, 15) is 13.2 Å². The Morgan fingerprint density at radius 1 is 1.24 bits per heavy atom. The predicted molar refractivity (Wildman–Crippen MR) is 81.3 cm³/mol. The maximum atomic E-state index is 11.9. The normalized spacial score (nSPS) is 16.1. The van der Waals surface area contributed by atoms with Crippen molar-refractivity contribution in [3.05, 3.63) is 35.9 Å². The summed E-state index contributed by atoms with van der Waals surface area (Å²) in [6.45, 7) is 2.37. The minimum atomic E-state index is -3.27. The standard InChI is InChI=1S/C14H18N2O4S/c1-21(18,19)15-13-5-2-12(3-6-13)4-7-14(17)16-8-10-20-11-9-16/h2-7,15H,8-11H2,1H3/b7-4+. The van der Waals surface area contributed by atoms with Crippen molar-refractivity contribution in [3.8, 4) is 0 Å². The van der Waals surface area contributed by atoms with E-state index in [1.807, 2.05) is 0 Å². The van der Waals surface area contributed by atoms with Gasteiger partial charge in [-0.05, 0) is 23.8 Å². The summed E-state index contributed by atoms with van der Waals surface area (Å²) in [6, 6.07) is 6.80. The zero-order chi connectivity index (χ0) is 15.3. The van der Waals surface area contributed by atoms with Gasteiger partial charge in [-0.3, -0.25) is 9.52 Å². The van der Waals surface area contributed by atoms with Crippen LogP contribution in [0.15, 0.2) is 30.3 Å². The van der Waals surface area contributed by atoms with Gasteiger partial charge in [0, 0.05) is 24.9 Å². The molecule has 0 atom stereocenters. The number of nitrogens with one attached hydrogen (secondary N) is 1. The van der Waals surface area contributed by atoms with Crippen LogP contribution in [0.1, 0.15) is 5.56 Å². The number of rotatable bonds is 4. The topological polar surface area (TPSA) is 75.7 Å². The van der Waals surface area contributed by atoms with Crippen molar-refractivity contribution in [2.75, 3.05) is 37.3 Å². The highest BCUT2D eigenvalue weighted by Gasteiger charge is 2.13. The number of amides is 1. The number of hydrogen-bond donors (Lipinski definition) is 1. The van der Waals surface area contributed by atoms with Crippen LogP contribution < -0.4 is 4.72 Å². The van der Waals surface area contributed by atoms with E-state index in [2.05, 4.69) is 4.72 Å². The third-order valence-electron chi connectivity index (χ3n) is 2.96. The second-order valence-corrected chi connectivity index (χ2v) is 6.52. The molecule has 2 rings (SSSR count). The molecule has 1 aromatic rings. The maximum absolute atomic E-state index is 11.9. The van der Waals surface area contributed by atoms with Crippen LogP contribution in [0.3, 0.4) is 0 Å². The molecule has 1 aliphatic rings. The fourth-order valence-corrected chi connectivity index (χ4v) is 2.50. The molecule has 21 heavy (non-hydrogen) atoms. The van der Waals surface area contributed by atoms with Crippen LogP contribution in [0, 0.1) is 0 Å². The van der Waals surface area contributed by atoms with Gasteiger partial charge in [0.15, 0.2) is 0 Å². The fourth-order valence-electron chi connectivity index (χ4n) is 1.93. The first kappa shape index (κ1) is 15.5. The van der Waals surface area contributed by atoms with Crippen molar-refractivity contribution >= 4 is 27.7 Å². The fraction of sp³-hybridized carbons (Fsp3) is 0.357. The Hall–Kier alpha value is -1.86. The molecule has 114 valence electrons. The Balaban J connectivity index is 1.96. The van der Waals surface area contributed by atoms with Gasteiger partial charge in [-0.25, -0.2) is 8.42 Å².